The highest BCUT2D eigenvalue weighted by Gasteiger charge is 2.30. The van der Waals surface area contributed by atoms with Gasteiger partial charge in [-0.1, -0.05) is 24.3 Å². The van der Waals surface area contributed by atoms with Crippen LogP contribution in [-0.2, 0) is 20.7 Å². The molecule has 1 fully saturated rings. The van der Waals surface area contributed by atoms with Gasteiger partial charge >= 0.3 is 11.9 Å². The number of carboxylic acids is 1. The number of aliphatic carboxylic acids is 1. The Morgan fingerprint density at radius 3 is 2.20 bits per heavy atom. The second-order valence-electron chi connectivity index (χ2n) is 7.97. The van der Waals surface area contributed by atoms with Crippen LogP contribution in [0.1, 0.15) is 63.5 Å². The molecule has 2 rings (SSSR count). The van der Waals surface area contributed by atoms with Crippen molar-refractivity contribution in [2.45, 2.75) is 70.4 Å². The fourth-order valence-corrected chi connectivity index (χ4v) is 3.31. The number of nitrogens with two attached hydrogens (primary N) is 1. The van der Waals surface area contributed by atoms with E-state index in [-0.39, 0.29) is 11.9 Å². The minimum atomic E-state index is -0.982. The maximum Gasteiger partial charge on any atom is 0.320 e. The zero-order chi connectivity index (χ0) is 18.6. The van der Waals surface area contributed by atoms with E-state index in [2.05, 4.69) is 12.1 Å². The number of benzene rings is 1. The second kappa shape index (κ2) is 8.00. The van der Waals surface area contributed by atoms with Gasteiger partial charge in [-0.25, -0.2) is 0 Å². The van der Waals surface area contributed by atoms with E-state index in [9.17, 15) is 9.59 Å². The average molecular weight is 347 g/mol. The number of carboxylic acid groups (broad SMARTS) is 1. The quantitative estimate of drug-likeness (QED) is 0.798. The topological polar surface area (TPSA) is 89.6 Å². The predicted molar refractivity (Wildman–Crippen MR) is 96.3 cm³/mol. The van der Waals surface area contributed by atoms with Gasteiger partial charge in [-0.3, -0.25) is 9.59 Å². The van der Waals surface area contributed by atoms with Gasteiger partial charge in [0.2, 0.25) is 0 Å². The molecule has 5 heteroatoms. The molecule has 25 heavy (non-hydrogen) atoms. The van der Waals surface area contributed by atoms with Crippen LogP contribution in [0.4, 0.5) is 0 Å². The van der Waals surface area contributed by atoms with Crippen LogP contribution in [0.25, 0.3) is 0 Å². The summed E-state index contributed by atoms with van der Waals surface area (Å²) in [6.07, 6.45) is 3.98. The molecule has 0 bridgehead atoms. The number of hydrogen-bond donors (Lipinski definition) is 2. The van der Waals surface area contributed by atoms with E-state index in [4.69, 9.17) is 15.6 Å². The molecule has 1 aliphatic carbocycles. The van der Waals surface area contributed by atoms with Crippen molar-refractivity contribution in [3.8, 4) is 0 Å². The molecule has 0 aromatic heterocycles. The van der Waals surface area contributed by atoms with Crippen LogP contribution in [0.15, 0.2) is 24.3 Å². The third-order valence-corrected chi connectivity index (χ3v) is 4.69. The normalized spacial score (nSPS) is 22.2. The van der Waals surface area contributed by atoms with E-state index in [1.807, 2.05) is 32.9 Å². The van der Waals surface area contributed by atoms with Crippen molar-refractivity contribution in [3.63, 3.8) is 0 Å². The SMILES string of the molecule is CC(C)(C)OC(=O)C1CCC(c2ccc(C[C@H](N)C(=O)O)cc2)CC1. The monoisotopic (exact) mass is 347 g/mol. The second-order valence-corrected chi connectivity index (χ2v) is 7.97. The van der Waals surface area contributed by atoms with Crippen LogP contribution in [-0.4, -0.2) is 28.7 Å². The van der Waals surface area contributed by atoms with Crippen LogP contribution in [0.5, 0.6) is 0 Å². The van der Waals surface area contributed by atoms with E-state index in [0.717, 1.165) is 31.2 Å². The van der Waals surface area contributed by atoms with Crippen LogP contribution in [0, 0.1) is 5.92 Å². The lowest BCUT2D eigenvalue weighted by molar-refractivity contribution is -0.161. The predicted octanol–water partition coefficient (Wildman–Crippen LogP) is 3.26. The third kappa shape index (κ3) is 5.85. The summed E-state index contributed by atoms with van der Waals surface area (Å²) in [5.41, 5.74) is 7.32. The zero-order valence-electron chi connectivity index (χ0n) is 15.3. The highest BCUT2D eigenvalue weighted by molar-refractivity contribution is 5.73. The molecule has 0 spiro atoms. The summed E-state index contributed by atoms with van der Waals surface area (Å²) in [6, 6.07) is 7.16. The molecule has 0 unspecified atom stereocenters. The number of carbonyl (C=O) groups is 2. The molecule has 0 saturated heterocycles. The first-order valence-electron chi connectivity index (χ1n) is 8.96. The Morgan fingerprint density at radius 1 is 1.16 bits per heavy atom. The molecule has 5 nitrogen and oxygen atoms in total. The highest BCUT2D eigenvalue weighted by atomic mass is 16.6. The molecule has 1 aromatic rings. The van der Waals surface area contributed by atoms with E-state index in [0.29, 0.717) is 12.3 Å². The first-order chi connectivity index (χ1) is 11.7. The summed E-state index contributed by atoms with van der Waals surface area (Å²) in [4.78, 5) is 23.0. The van der Waals surface area contributed by atoms with Crippen molar-refractivity contribution in [2.75, 3.05) is 0 Å². The van der Waals surface area contributed by atoms with Gasteiger partial charge in [0.05, 0.1) is 5.92 Å². The number of rotatable bonds is 5. The molecule has 0 aliphatic heterocycles. The van der Waals surface area contributed by atoms with Crippen molar-refractivity contribution in [2.24, 2.45) is 11.7 Å². The zero-order valence-corrected chi connectivity index (χ0v) is 15.3. The van der Waals surface area contributed by atoms with Gasteiger partial charge in [-0.15, -0.1) is 0 Å². The lowest BCUT2D eigenvalue weighted by Crippen LogP contribution is -2.32. The maximum atomic E-state index is 12.2. The maximum absolute atomic E-state index is 12.2. The molecule has 1 saturated carbocycles. The van der Waals surface area contributed by atoms with Gasteiger partial charge in [-0.2, -0.15) is 0 Å². The van der Waals surface area contributed by atoms with E-state index in [1.165, 1.54) is 5.56 Å². The molecular weight excluding hydrogens is 318 g/mol. The Labute approximate surface area is 149 Å². The molecule has 1 aliphatic rings. The van der Waals surface area contributed by atoms with Crippen molar-refractivity contribution in [1.29, 1.82) is 0 Å². The minimum Gasteiger partial charge on any atom is -0.480 e. The minimum absolute atomic E-state index is 0.00307. The van der Waals surface area contributed by atoms with Crippen molar-refractivity contribution in [1.82, 2.24) is 0 Å². The first-order valence-corrected chi connectivity index (χ1v) is 8.96. The summed E-state index contributed by atoms with van der Waals surface area (Å²) in [7, 11) is 0. The Balaban J connectivity index is 1.88. The van der Waals surface area contributed by atoms with Gasteiger partial charge in [-0.05, 0) is 69.9 Å². The lowest BCUT2D eigenvalue weighted by atomic mass is 9.78. The van der Waals surface area contributed by atoms with E-state index >= 15 is 0 Å². The summed E-state index contributed by atoms with van der Waals surface area (Å²) in [5.74, 6) is -0.613. The van der Waals surface area contributed by atoms with Gasteiger partial charge in [0, 0.05) is 0 Å². The van der Waals surface area contributed by atoms with Crippen molar-refractivity contribution < 1.29 is 19.4 Å². The summed E-state index contributed by atoms with van der Waals surface area (Å²) in [5, 5.41) is 8.88. The van der Waals surface area contributed by atoms with Crippen LogP contribution in [0.3, 0.4) is 0 Å². The molecule has 0 heterocycles. The lowest BCUT2D eigenvalue weighted by Gasteiger charge is -2.30. The van der Waals surface area contributed by atoms with Gasteiger partial charge in [0.15, 0.2) is 0 Å². The molecule has 1 atom stereocenters. The van der Waals surface area contributed by atoms with E-state index in [1.54, 1.807) is 0 Å². The summed E-state index contributed by atoms with van der Waals surface area (Å²) < 4.78 is 5.49. The Hall–Kier alpha value is -1.88. The molecule has 0 amide bonds. The Morgan fingerprint density at radius 2 is 1.72 bits per heavy atom. The Bertz CT molecular complexity index is 595. The molecule has 1 aromatic carbocycles. The van der Waals surface area contributed by atoms with Crippen molar-refractivity contribution >= 4 is 11.9 Å². The number of ether oxygens (including phenoxy) is 1. The van der Waals surface area contributed by atoms with Gasteiger partial charge < -0.3 is 15.6 Å². The molecular formula is C20H29NO4. The number of carbonyl (C=O) groups excluding carboxylic acids is 1. The number of esters is 1. The summed E-state index contributed by atoms with van der Waals surface area (Å²) >= 11 is 0. The molecule has 0 radical (unpaired) electrons. The Kier molecular flexibility index (Phi) is 6.22. The third-order valence-electron chi connectivity index (χ3n) is 4.69. The van der Waals surface area contributed by atoms with Gasteiger partial charge in [0.25, 0.3) is 0 Å². The van der Waals surface area contributed by atoms with Crippen LogP contribution < -0.4 is 5.73 Å². The average Bonchev–Trinajstić information content (AvgIpc) is 2.54. The molecule has 3 N–H and O–H groups in total. The smallest absolute Gasteiger partial charge is 0.320 e. The highest BCUT2D eigenvalue weighted by Crippen LogP contribution is 2.36. The fraction of sp³-hybridized carbons (Fsp3) is 0.600. The van der Waals surface area contributed by atoms with Gasteiger partial charge in [0.1, 0.15) is 11.6 Å². The van der Waals surface area contributed by atoms with Crippen LogP contribution >= 0.6 is 0 Å². The van der Waals surface area contributed by atoms with Crippen LogP contribution in [0.2, 0.25) is 0 Å². The largest absolute Gasteiger partial charge is 0.480 e. The first kappa shape index (κ1) is 19.4. The standard InChI is InChI=1S/C20H29NO4/c1-20(2,3)25-19(24)16-10-8-15(9-11-16)14-6-4-13(5-7-14)12-17(21)18(22)23/h4-7,15-17H,8-12,21H2,1-3H3,(H,22,23)/t15?,16?,17-/m0/s1. The van der Waals surface area contributed by atoms with Crippen molar-refractivity contribution in [3.05, 3.63) is 35.4 Å². The molecule has 138 valence electrons. The van der Waals surface area contributed by atoms with E-state index < -0.39 is 17.6 Å². The summed E-state index contributed by atoms with van der Waals surface area (Å²) in [6.45, 7) is 5.69. The number of hydrogen-bond acceptors (Lipinski definition) is 4. The fourth-order valence-electron chi connectivity index (χ4n) is 3.31.